The molecule has 5 nitrogen and oxygen atoms in total. The number of nitrogens with zero attached hydrogens (tertiary/aromatic N) is 3. The van der Waals surface area contributed by atoms with Gasteiger partial charge in [0.1, 0.15) is 4.75 Å². The molecule has 0 aliphatic heterocycles. The molecule has 0 saturated heterocycles. The summed E-state index contributed by atoms with van der Waals surface area (Å²) in [5.74, 6) is -0.841. The monoisotopic (exact) mass is 277 g/mol. The lowest BCUT2D eigenvalue weighted by Crippen LogP contribution is -2.27. The fraction of sp³-hybridized carbons (Fsp3) is 0.308. The molecule has 0 saturated carbocycles. The standard InChI is InChI=1S/C13H15N3O2S/c1-13(2,12(17)18)19-11-4-5-14-7-10(11)9-6-15-16(3)8-9/h4-8H,1-3H3,(H,17,18). The highest BCUT2D eigenvalue weighted by Crippen LogP contribution is 2.38. The number of carboxylic acids is 1. The maximum absolute atomic E-state index is 11.2. The van der Waals surface area contributed by atoms with Crippen LogP contribution >= 0.6 is 11.8 Å². The Morgan fingerprint density at radius 3 is 2.74 bits per heavy atom. The van der Waals surface area contributed by atoms with E-state index in [9.17, 15) is 9.90 Å². The highest BCUT2D eigenvalue weighted by atomic mass is 32.2. The Balaban J connectivity index is 2.40. The summed E-state index contributed by atoms with van der Waals surface area (Å²) in [6.45, 7) is 3.38. The van der Waals surface area contributed by atoms with Gasteiger partial charge in [0.05, 0.1) is 6.20 Å². The molecule has 0 radical (unpaired) electrons. The number of rotatable bonds is 4. The number of thioether (sulfide) groups is 1. The van der Waals surface area contributed by atoms with Gasteiger partial charge in [-0.1, -0.05) is 0 Å². The predicted octanol–water partition coefficient (Wildman–Crippen LogP) is 2.44. The molecule has 19 heavy (non-hydrogen) atoms. The first-order valence-corrected chi connectivity index (χ1v) is 6.57. The van der Waals surface area contributed by atoms with E-state index >= 15 is 0 Å². The molecule has 100 valence electrons. The number of carbonyl (C=O) groups is 1. The van der Waals surface area contributed by atoms with Crippen molar-refractivity contribution in [3.05, 3.63) is 30.9 Å². The van der Waals surface area contributed by atoms with Crippen molar-refractivity contribution >= 4 is 17.7 Å². The normalized spacial score (nSPS) is 11.5. The molecule has 0 spiro atoms. The van der Waals surface area contributed by atoms with Crippen LogP contribution in [-0.2, 0) is 11.8 Å². The molecule has 0 fully saturated rings. The highest BCUT2D eigenvalue weighted by molar-refractivity contribution is 8.01. The number of aromatic nitrogens is 3. The fourth-order valence-corrected chi connectivity index (χ4v) is 2.61. The van der Waals surface area contributed by atoms with Gasteiger partial charge in [-0.3, -0.25) is 14.5 Å². The average molecular weight is 277 g/mol. The van der Waals surface area contributed by atoms with Crippen molar-refractivity contribution < 1.29 is 9.90 Å². The molecule has 0 aliphatic carbocycles. The Hall–Kier alpha value is -1.82. The highest BCUT2D eigenvalue weighted by Gasteiger charge is 2.29. The number of pyridine rings is 1. The summed E-state index contributed by atoms with van der Waals surface area (Å²) >= 11 is 1.31. The largest absolute Gasteiger partial charge is 0.480 e. The Labute approximate surface area is 115 Å². The van der Waals surface area contributed by atoms with Gasteiger partial charge < -0.3 is 5.11 Å². The molecule has 0 aromatic carbocycles. The lowest BCUT2D eigenvalue weighted by Gasteiger charge is -2.19. The van der Waals surface area contributed by atoms with Gasteiger partial charge in [0.2, 0.25) is 0 Å². The average Bonchev–Trinajstić information content (AvgIpc) is 2.76. The molecule has 2 rings (SSSR count). The van der Waals surface area contributed by atoms with Crippen molar-refractivity contribution in [1.29, 1.82) is 0 Å². The fourth-order valence-electron chi connectivity index (χ4n) is 1.57. The zero-order valence-electron chi connectivity index (χ0n) is 11.0. The summed E-state index contributed by atoms with van der Waals surface area (Å²) in [6, 6.07) is 1.83. The molecule has 0 aliphatic rings. The smallest absolute Gasteiger partial charge is 0.319 e. The zero-order valence-corrected chi connectivity index (χ0v) is 11.8. The number of aryl methyl sites for hydroxylation is 1. The lowest BCUT2D eigenvalue weighted by molar-refractivity contribution is -0.138. The summed E-state index contributed by atoms with van der Waals surface area (Å²) in [7, 11) is 1.84. The van der Waals surface area contributed by atoms with Crippen LogP contribution in [0.4, 0.5) is 0 Å². The molecule has 0 atom stereocenters. The second-order valence-electron chi connectivity index (χ2n) is 4.69. The summed E-state index contributed by atoms with van der Waals surface area (Å²) in [5, 5.41) is 13.3. The summed E-state index contributed by atoms with van der Waals surface area (Å²) in [4.78, 5) is 16.2. The second kappa shape index (κ2) is 5.05. The minimum atomic E-state index is -0.891. The van der Waals surface area contributed by atoms with Gasteiger partial charge in [-0.2, -0.15) is 5.10 Å². The van der Waals surface area contributed by atoms with Gasteiger partial charge in [0.15, 0.2) is 0 Å². The van der Waals surface area contributed by atoms with E-state index in [1.807, 2.05) is 19.3 Å². The second-order valence-corrected chi connectivity index (χ2v) is 6.36. The van der Waals surface area contributed by atoms with E-state index in [1.54, 1.807) is 37.1 Å². The van der Waals surface area contributed by atoms with E-state index in [0.29, 0.717) is 0 Å². The Morgan fingerprint density at radius 1 is 1.42 bits per heavy atom. The predicted molar refractivity (Wildman–Crippen MR) is 74.0 cm³/mol. The minimum Gasteiger partial charge on any atom is -0.480 e. The van der Waals surface area contributed by atoms with Crippen molar-refractivity contribution in [3.8, 4) is 11.1 Å². The number of hydrogen-bond donors (Lipinski definition) is 1. The van der Waals surface area contributed by atoms with Crippen LogP contribution < -0.4 is 0 Å². The van der Waals surface area contributed by atoms with Crippen molar-refractivity contribution in [2.75, 3.05) is 0 Å². The van der Waals surface area contributed by atoms with Crippen LogP contribution in [0.1, 0.15) is 13.8 Å². The topological polar surface area (TPSA) is 68.0 Å². The van der Waals surface area contributed by atoms with E-state index in [1.165, 1.54) is 11.8 Å². The molecular formula is C13H15N3O2S. The molecule has 2 aromatic rings. The maximum atomic E-state index is 11.2. The maximum Gasteiger partial charge on any atom is 0.319 e. The van der Waals surface area contributed by atoms with E-state index < -0.39 is 10.7 Å². The van der Waals surface area contributed by atoms with Gasteiger partial charge in [-0.15, -0.1) is 11.8 Å². The first-order valence-electron chi connectivity index (χ1n) is 5.75. The number of carboxylic acid groups (broad SMARTS) is 1. The van der Waals surface area contributed by atoms with Crippen molar-refractivity contribution in [2.24, 2.45) is 7.05 Å². The third kappa shape index (κ3) is 2.96. The zero-order chi connectivity index (χ0) is 14.0. The van der Waals surface area contributed by atoms with Crippen molar-refractivity contribution in [2.45, 2.75) is 23.5 Å². The Bertz CT molecular complexity index is 607. The quantitative estimate of drug-likeness (QED) is 0.869. The molecule has 0 bridgehead atoms. The van der Waals surface area contributed by atoms with Crippen LogP contribution in [0.2, 0.25) is 0 Å². The molecule has 1 N–H and O–H groups in total. The Kier molecular flexibility index (Phi) is 3.61. The van der Waals surface area contributed by atoms with Gasteiger partial charge in [-0.25, -0.2) is 0 Å². The van der Waals surface area contributed by atoms with Crippen molar-refractivity contribution in [3.63, 3.8) is 0 Å². The van der Waals surface area contributed by atoms with Gasteiger partial charge >= 0.3 is 5.97 Å². The molecular weight excluding hydrogens is 262 g/mol. The first kappa shape index (κ1) is 13.6. The van der Waals surface area contributed by atoms with E-state index in [-0.39, 0.29) is 0 Å². The SMILES string of the molecule is Cn1cc(-c2cnccc2SC(C)(C)C(=O)O)cn1. The van der Waals surface area contributed by atoms with E-state index in [4.69, 9.17) is 0 Å². The van der Waals surface area contributed by atoms with Gasteiger partial charge in [0, 0.05) is 41.7 Å². The van der Waals surface area contributed by atoms with Crippen molar-refractivity contribution in [1.82, 2.24) is 14.8 Å². The first-order chi connectivity index (χ1) is 8.90. The summed E-state index contributed by atoms with van der Waals surface area (Å²) in [6.07, 6.45) is 7.03. The van der Waals surface area contributed by atoms with Crippen LogP contribution in [-0.4, -0.2) is 30.6 Å². The summed E-state index contributed by atoms with van der Waals surface area (Å²) in [5.41, 5.74) is 1.83. The van der Waals surface area contributed by atoms with Crippen LogP contribution in [0, 0.1) is 0 Å². The van der Waals surface area contributed by atoms with Gasteiger partial charge in [-0.05, 0) is 19.9 Å². The summed E-state index contributed by atoms with van der Waals surface area (Å²) < 4.78 is 0.817. The van der Waals surface area contributed by atoms with Crippen LogP contribution in [0.15, 0.2) is 35.7 Å². The third-order valence-electron chi connectivity index (χ3n) is 2.68. The van der Waals surface area contributed by atoms with Crippen LogP contribution in [0.25, 0.3) is 11.1 Å². The molecule has 2 heterocycles. The minimum absolute atomic E-state index is 0.841. The third-order valence-corrected chi connectivity index (χ3v) is 3.94. The van der Waals surface area contributed by atoms with E-state index in [0.717, 1.165) is 16.0 Å². The number of aliphatic carboxylic acids is 1. The molecule has 2 aromatic heterocycles. The van der Waals surface area contributed by atoms with Gasteiger partial charge in [0.25, 0.3) is 0 Å². The molecule has 0 amide bonds. The Morgan fingerprint density at radius 2 is 2.16 bits per heavy atom. The molecule has 6 heteroatoms. The molecule has 0 unspecified atom stereocenters. The lowest BCUT2D eigenvalue weighted by atomic mass is 10.2. The van der Waals surface area contributed by atoms with Crippen LogP contribution in [0.5, 0.6) is 0 Å². The van der Waals surface area contributed by atoms with Crippen LogP contribution in [0.3, 0.4) is 0 Å². The van der Waals surface area contributed by atoms with E-state index in [2.05, 4.69) is 10.1 Å². The number of hydrogen-bond acceptors (Lipinski definition) is 4.